The zero-order valence-corrected chi connectivity index (χ0v) is 15.5. The number of hydrogen-bond acceptors (Lipinski definition) is 4. The third-order valence-electron chi connectivity index (χ3n) is 6.36. The molecule has 0 bridgehead atoms. The van der Waals surface area contributed by atoms with Gasteiger partial charge in [0.05, 0.1) is 12.6 Å². The number of nitrogens with zero attached hydrogens (tertiary/aromatic N) is 5. The summed E-state index contributed by atoms with van der Waals surface area (Å²) in [4.78, 5) is 16.2. The lowest BCUT2D eigenvalue weighted by atomic mass is 9.87. The van der Waals surface area contributed by atoms with Crippen LogP contribution in [0.2, 0.25) is 0 Å². The number of hydrogen-bond donors (Lipinski definition) is 0. The number of likely N-dealkylation sites (tertiary alicyclic amines) is 1. The van der Waals surface area contributed by atoms with Gasteiger partial charge in [0.15, 0.2) is 11.6 Å². The monoisotopic (exact) mass is 345 g/mol. The third-order valence-corrected chi connectivity index (χ3v) is 6.36. The molecule has 2 fully saturated rings. The summed E-state index contributed by atoms with van der Waals surface area (Å²) < 4.78 is 2.29. The van der Waals surface area contributed by atoms with Gasteiger partial charge in [0, 0.05) is 26.6 Å². The molecule has 1 aromatic rings. The van der Waals surface area contributed by atoms with Crippen LogP contribution in [0, 0.1) is 5.92 Å². The number of amides is 1. The van der Waals surface area contributed by atoms with E-state index in [1.807, 2.05) is 4.90 Å². The van der Waals surface area contributed by atoms with E-state index in [1.54, 1.807) is 6.92 Å². The predicted octanol–water partition coefficient (Wildman–Crippen LogP) is 2.75. The Bertz CT molecular complexity index is 607. The van der Waals surface area contributed by atoms with Crippen LogP contribution >= 0.6 is 0 Å². The van der Waals surface area contributed by atoms with E-state index < -0.39 is 0 Å². The molecule has 2 aliphatic heterocycles. The number of aromatic nitrogens is 3. The second kappa shape index (κ2) is 7.44. The summed E-state index contributed by atoms with van der Waals surface area (Å²) in [6.07, 6.45) is 10.8. The molecule has 1 aliphatic carbocycles. The number of carbonyl (C=O) groups excluding carboxylic acids is 1. The van der Waals surface area contributed by atoms with Crippen molar-refractivity contribution in [3.05, 3.63) is 11.6 Å². The SMILES string of the molecule is CC(=O)N1CCn2c(nnc2C2CCCCN2CC2CCCCC2)C1. The highest BCUT2D eigenvalue weighted by atomic mass is 16.2. The first-order valence-corrected chi connectivity index (χ1v) is 10.1. The van der Waals surface area contributed by atoms with Gasteiger partial charge >= 0.3 is 0 Å². The van der Waals surface area contributed by atoms with Crippen LogP contribution in [0.1, 0.15) is 76.0 Å². The van der Waals surface area contributed by atoms with E-state index in [9.17, 15) is 4.79 Å². The van der Waals surface area contributed by atoms with E-state index >= 15 is 0 Å². The van der Waals surface area contributed by atoms with Crippen molar-refractivity contribution in [3.8, 4) is 0 Å². The molecule has 4 rings (SSSR count). The van der Waals surface area contributed by atoms with Crippen LogP contribution in [0.15, 0.2) is 0 Å². The highest BCUT2D eigenvalue weighted by Crippen LogP contribution is 2.34. The lowest BCUT2D eigenvalue weighted by Crippen LogP contribution is -2.41. The van der Waals surface area contributed by atoms with Crippen molar-refractivity contribution in [1.29, 1.82) is 0 Å². The zero-order chi connectivity index (χ0) is 17.2. The Kier molecular flexibility index (Phi) is 5.06. The molecular formula is C19H31N5O. The summed E-state index contributed by atoms with van der Waals surface area (Å²) in [5.74, 6) is 3.10. The minimum Gasteiger partial charge on any atom is -0.334 e. The van der Waals surface area contributed by atoms with Gasteiger partial charge in [-0.1, -0.05) is 25.7 Å². The smallest absolute Gasteiger partial charge is 0.219 e. The molecule has 1 unspecified atom stereocenters. The second-order valence-corrected chi connectivity index (χ2v) is 8.08. The van der Waals surface area contributed by atoms with Gasteiger partial charge < -0.3 is 9.47 Å². The van der Waals surface area contributed by atoms with E-state index in [-0.39, 0.29) is 5.91 Å². The van der Waals surface area contributed by atoms with E-state index in [0.29, 0.717) is 12.6 Å². The van der Waals surface area contributed by atoms with Crippen molar-refractivity contribution >= 4 is 5.91 Å². The van der Waals surface area contributed by atoms with Crippen LogP contribution in [0.4, 0.5) is 0 Å². The Labute approximate surface area is 150 Å². The molecule has 6 heteroatoms. The van der Waals surface area contributed by atoms with Crippen molar-refractivity contribution in [3.63, 3.8) is 0 Å². The van der Waals surface area contributed by atoms with E-state index in [0.717, 1.165) is 30.7 Å². The van der Waals surface area contributed by atoms with Crippen LogP contribution in [-0.2, 0) is 17.9 Å². The minimum absolute atomic E-state index is 0.132. The van der Waals surface area contributed by atoms with Crippen molar-refractivity contribution in [2.45, 2.75) is 77.4 Å². The summed E-state index contributed by atoms with van der Waals surface area (Å²) in [6.45, 7) is 6.29. The first-order chi connectivity index (χ1) is 12.2. The number of carbonyl (C=O) groups is 1. The Morgan fingerprint density at radius 1 is 1.00 bits per heavy atom. The molecule has 6 nitrogen and oxygen atoms in total. The first kappa shape index (κ1) is 17.0. The maximum absolute atomic E-state index is 11.7. The van der Waals surface area contributed by atoms with Gasteiger partial charge in [-0.15, -0.1) is 10.2 Å². The summed E-state index contributed by atoms with van der Waals surface area (Å²) in [5.41, 5.74) is 0. The molecule has 1 atom stereocenters. The van der Waals surface area contributed by atoms with Crippen LogP contribution in [0.5, 0.6) is 0 Å². The van der Waals surface area contributed by atoms with Crippen LogP contribution in [0.25, 0.3) is 0 Å². The molecular weight excluding hydrogens is 314 g/mol. The average molecular weight is 345 g/mol. The number of fused-ring (bicyclic) bond motifs is 1. The molecule has 1 saturated carbocycles. The van der Waals surface area contributed by atoms with Crippen molar-refractivity contribution in [2.75, 3.05) is 19.6 Å². The van der Waals surface area contributed by atoms with Crippen LogP contribution in [0.3, 0.4) is 0 Å². The van der Waals surface area contributed by atoms with E-state index in [2.05, 4.69) is 19.7 Å². The molecule has 0 N–H and O–H groups in total. The topological polar surface area (TPSA) is 54.3 Å². The highest BCUT2D eigenvalue weighted by molar-refractivity contribution is 5.73. The maximum Gasteiger partial charge on any atom is 0.219 e. The standard InChI is InChI=1S/C19H31N5O/c1-15(25)22-11-12-24-18(14-22)20-21-19(24)17-9-5-6-10-23(17)13-16-7-3-2-4-8-16/h16-17H,2-14H2,1H3. The molecule has 1 amide bonds. The molecule has 25 heavy (non-hydrogen) atoms. The zero-order valence-electron chi connectivity index (χ0n) is 15.5. The Morgan fingerprint density at radius 2 is 1.80 bits per heavy atom. The van der Waals surface area contributed by atoms with Crippen molar-refractivity contribution < 1.29 is 4.79 Å². The highest BCUT2D eigenvalue weighted by Gasteiger charge is 2.32. The van der Waals surface area contributed by atoms with Crippen LogP contribution < -0.4 is 0 Å². The predicted molar refractivity (Wildman–Crippen MR) is 95.9 cm³/mol. The molecule has 3 aliphatic rings. The summed E-state index contributed by atoms with van der Waals surface area (Å²) in [6, 6.07) is 0.417. The largest absolute Gasteiger partial charge is 0.334 e. The van der Waals surface area contributed by atoms with Crippen molar-refractivity contribution in [2.24, 2.45) is 5.92 Å². The fourth-order valence-corrected chi connectivity index (χ4v) is 4.90. The Hall–Kier alpha value is -1.43. The van der Waals surface area contributed by atoms with Gasteiger partial charge in [-0.3, -0.25) is 9.69 Å². The summed E-state index contributed by atoms with van der Waals surface area (Å²) in [7, 11) is 0. The molecule has 138 valence electrons. The average Bonchev–Trinajstić information content (AvgIpc) is 3.06. The summed E-state index contributed by atoms with van der Waals surface area (Å²) in [5, 5.41) is 9.03. The molecule has 0 spiro atoms. The second-order valence-electron chi connectivity index (χ2n) is 8.08. The first-order valence-electron chi connectivity index (χ1n) is 10.1. The number of piperidine rings is 1. The van der Waals surface area contributed by atoms with Gasteiger partial charge in [-0.25, -0.2) is 0 Å². The minimum atomic E-state index is 0.132. The Morgan fingerprint density at radius 3 is 2.60 bits per heavy atom. The molecule has 0 radical (unpaired) electrons. The third kappa shape index (κ3) is 3.59. The molecule has 1 aromatic heterocycles. The lowest BCUT2D eigenvalue weighted by Gasteiger charge is -2.38. The normalized spacial score (nSPS) is 25.8. The maximum atomic E-state index is 11.7. The number of rotatable bonds is 3. The van der Waals surface area contributed by atoms with Crippen LogP contribution in [-0.4, -0.2) is 50.1 Å². The van der Waals surface area contributed by atoms with Gasteiger partial charge in [-0.05, 0) is 38.1 Å². The summed E-state index contributed by atoms with van der Waals surface area (Å²) >= 11 is 0. The quantitative estimate of drug-likeness (QED) is 0.845. The van der Waals surface area contributed by atoms with Gasteiger partial charge in [-0.2, -0.15) is 0 Å². The van der Waals surface area contributed by atoms with Gasteiger partial charge in [0.2, 0.25) is 5.91 Å². The van der Waals surface area contributed by atoms with E-state index in [1.165, 1.54) is 64.5 Å². The van der Waals surface area contributed by atoms with Gasteiger partial charge in [0.25, 0.3) is 0 Å². The molecule has 0 aromatic carbocycles. The van der Waals surface area contributed by atoms with Crippen molar-refractivity contribution in [1.82, 2.24) is 24.6 Å². The van der Waals surface area contributed by atoms with Gasteiger partial charge in [0.1, 0.15) is 0 Å². The van der Waals surface area contributed by atoms with E-state index in [4.69, 9.17) is 0 Å². The fraction of sp³-hybridized carbons (Fsp3) is 0.842. The molecule has 3 heterocycles. The fourth-order valence-electron chi connectivity index (χ4n) is 4.90. The Balaban J connectivity index is 1.50. The molecule has 1 saturated heterocycles. The lowest BCUT2D eigenvalue weighted by molar-refractivity contribution is -0.130.